The number of para-hydroxylation sites is 1. The molecule has 0 aliphatic rings. The van der Waals surface area contributed by atoms with Crippen LogP contribution < -0.4 is 10.6 Å². The van der Waals surface area contributed by atoms with Crippen molar-refractivity contribution in [3.63, 3.8) is 0 Å². The summed E-state index contributed by atoms with van der Waals surface area (Å²) in [4.78, 5) is 12.8. The lowest BCUT2D eigenvalue weighted by atomic mass is 10.3. The summed E-state index contributed by atoms with van der Waals surface area (Å²) in [6.45, 7) is 4.58. The minimum absolute atomic E-state index is 0.435. The summed E-state index contributed by atoms with van der Waals surface area (Å²) < 4.78 is 10.5. The van der Waals surface area contributed by atoms with Crippen LogP contribution in [0.2, 0.25) is 0 Å². The zero-order valence-electron chi connectivity index (χ0n) is 10.7. The van der Waals surface area contributed by atoms with Gasteiger partial charge in [-0.25, -0.2) is 4.79 Å². The number of rotatable bonds is 8. The topological polar surface area (TPSA) is 64.8 Å². The summed E-state index contributed by atoms with van der Waals surface area (Å²) in [6, 6.07) is 8.81. The number of carbonyl (C=O) groups is 1. The second-order valence-electron chi connectivity index (χ2n) is 3.63. The fourth-order valence-electron chi connectivity index (χ4n) is 1.49. The van der Waals surface area contributed by atoms with Crippen LogP contribution in [-0.4, -0.2) is 39.0 Å². The molecule has 0 aliphatic heterocycles. The zero-order chi connectivity index (χ0) is 13.2. The summed E-state index contributed by atoms with van der Waals surface area (Å²) in [5, 5.41) is 0. The number of amides is 2. The van der Waals surface area contributed by atoms with Crippen LogP contribution in [0.1, 0.15) is 6.92 Å². The van der Waals surface area contributed by atoms with Crippen LogP contribution >= 0.6 is 0 Å². The maximum Gasteiger partial charge on any atom is 0.319 e. The molecule has 100 valence electrons. The van der Waals surface area contributed by atoms with E-state index in [4.69, 9.17) is 15.2 Å². The average molecular weight is 252 g/mol. The van der Waals surface area contributed by atoms with Gasteiger partial charge in [-0.15, -0.1) is 0 Å². The zero-order valence-corrected chi connectivity index (χ0v) is 10.7. The molecule has 5 nitrogen and oxygen atoms in total. The molecule has 0 saturated carbocycles. The summed E-state index contributed by atoms with van der Waals surface area (Å²) in [5.41, 5.74) is 6.11. The molecule has 2 amide bonds. The van der Waals surface area contributed by atoms with E-state index in [1.54, 1.807) is 0 Å². The van der Waals surface area contributed by atoms with Gasteiger partial charge in [-0.2, -0.15) is 0 Å². The Kier molecular flexibility index (Phi) is 6.83. The van der Waals surface area contributed by atoms with Crippen molar-refractivity contribution >= 4 is 11.7 Å². The molecule has 0 atom stereocenters. The van der Waals surface area contributed by atoms with Crippen molar-refractivity contribution in [3.8, 4) is 0 Å². The number of hydrogen-bond donors (Lipinski definition) is 1. The van der Waals surface area contributed by atoms with Crippen LogP contribution in [0.4, 0.5) is 10.5 Å². The smallest absolute Gasteiger partial charge is 0.319 e. The lowest BCUT2D eigenvalue weighted by Crippen LogP contribution is -2.38. The van der Waals surface area contributed by atoms with E-state index in [1.807, 2.05) is 37.3 Å². The monoisotopic (exact) mass is 252 g/mol. The van der Waals surface area contributed by atoms with Crippen molar-refractivity contribution < 1.29 is 14.3 Å². The Labute approximate surface area is 107 Å². The van der Waals surface area contributed by atoms with Crippen LogP contribution in [-0.2, 0) is 9.47 Å². The number of nitrogens with two attached hydrogens (primary N) is 1. The van der Waals surface area contributed by atoms with E-state index in [2.05, 4.69) is 0 Å². The Morgan fingerprint density at radius 1 is 1.17 bits per heavy atom. The number of nitrogens with zero attached hydrogens (tertiary/aromatic N) is 1. The maximum atomic E-state index is 11.3. The highest BCUT2D eigenvalue weighted by atomic mass is 16.5. The molecular weight excluding hydrogens is 232 g/mol. The van der Waals surface area contributed by atoms with Crippen LogP contribution in [0.25, 0.3) is 0 Å². The van der Waals surface area contributed by atoms with E-state index < -0.39 is 6.03 Å². The highest BCUT2D eigenvalue weighted by molar-refractivity contribution is 5.90. The molecule has 0 aromatic heterocycles. The standard InChI is InChI=1S/C13H20N2O3/c1-2-17-10-11-18-9-8-15(13(14)16)12-6-4-3-5-7-12/h3-7H,2,8-11H2,1H3,(H2,14,16). The highest BCUT2D eigenvalue weighted by Gasteiger charge is 2.11. The molecule has 0 spiro atoms. The average Bonchev–Trinajstić information content (AvgIpc) is 2.38. The first-order chi connectivity index (χ1) is 8.75. The van der Waals surface area contributed by atoms with Crippen molar-refractivity contribution in [1.29, 1.82) is 0 Å². The fraction of sp³-hybridized carbons (Fsp3) is 0.462. The van der Waals surface area contributed by atoms with Crippen molar-refractivity contribution in [2.45, 2.75) is 6.92 Å². The minimum atomic E-state index is -0.477. The fourth-order valence-corrected chi connectivity index (χ4v) is 1.49. The van der Waals surface area contributed by atoms with Gasteiger partial charge < -0.3 is 15.2 Å². The molecule has 1 aromatic rings. The SMILES string of the molecule is CCOCCOCCN(C(N)=O)c1ccccc1. The van der Waals surface area contributed by atoms with Crippen molar-refractivity contribution in [3.05, 3.63) is 30.3 Å². The molecule has 18 heavy (non-hydrogen) atoms. The number of benzene rings is 1. The van der Waals surface area contributed by atoms with Gasteiger partial charge in [0.1, 0.15) is 0 Å². The Bertz CT molecular complexity index is 343. The molecule has 0 heterocycles. The van der Waals surface area contributed by atoms with E-state index in [1.165, 1.54) is 4.90 Å². The highest BCUT2D eigenvalue weighted by Crippen LogP contribution is 2.12. The number of anilines is 1. The van der Waals surface area contributed by atoms with Crippen molar-refractivity contribution in [2.75, 3.05) is 37.9 Å². The van der Waals surface area contributed by atoms with Gasteiger partial charge in [-0.3, -0.25) is 4.90 Å². The third-order valence-electron chi connectivity index (χ3n) is 2.37. The van der Waals surface area contributed by atoms with Gasteiger partial charge in [0.05, 0.1) is 26.4 Å². The lowest BCUT2D eigenvalue weighted by molar-refractivity contribution is 0.0559. The van der Waals surface area contributed by atoms with Gasteiger partial charge in [-0.05, 0) is 19.1 Å². The van der Waals surface area contributed by atoms with Gasteiger partial charge >= 0.3 is 6.03 Å². The Balaban J connectivity index is 2.34. The number of ether oxygens (including phenoxy) is 2. The predicted octanol–water partition coefficient (Wildman–Crippen LogP) is 1.62. The molecule has 0 saturated heterocycles. The second-order valence-corrected chi connectivity index (χ2v) is 3.63. The first-order valence-corrected chi connectivity index (χ1v) is 6.03. The minimum Gasteiger partial charge on any atom is -0.379 e. The van der Waals surface area contributed by atoms with Gasteiger partial charge in [0.25, 0.3) is 0 Å². The first kappa shape index (κ1) is 14.5. The van der Waals surface area contributed by atoms with Crippen LogP contribution in [0.3, 0.4) is 0 Å². The third-order valence-corrected chi connectivity index (χ3v) is 2.37. The molecule has 2 N–H and O–H groups in total. The summed E-state index contributed by atoms with van der Waals surface area (Å²) in [7, 11) is 0. The molecule has 0 radical (unpaired) electrons. The molecule has 0 unspecified atom stereocenters. The van der Waals surface area contributed by atoms with E-state index in [9.17, 15) is 4.79 Å². The van der Waals surface area contributed by atoms with E-state index >= 15 is 0 Å². The lowest BCUT2D eigenvalue weighted by Gasteiger charge is -2.20. The number of carbonyl (C=O) groups excluding carboxylic acids is 1. The maximum absolute atomic E-state index is 11.3. The van der Waals surface area contributed by atoms with Gasteiger partial charge in [-0.1, -0.05) is 18.2 Å². The largest absolute Gasteiger partial charge is 0.379 e. The summed E-state index contributed by atoms with van der Waals surface area (Å²) in [5.74, 6) is 0. The van der Waals surface area contributed by atoms with E-state index in [0.29, 0.717) is 33.0 Å². The molecule has 1 rings (SSSR count). The van der Waals surface area contributed by atoms with Crippen LogP contribution in [0, 0.1) is 0 Å². The number of hydrogen-bond acceptors (Lipinski definition) is 3. The first-order valence-electron chi connectivity index (χ1n) is 6.03. The Morgan fingerprint density at radius 3 is 2.44 bits per heavy atom. The predicted molar refractivity (Wildman–Crippen MR) is 70.7 cm³/mol. The molecule has 0 aliphatic carbocycles. The van der Waals surface area contributed by atoms with Gasteiger partial charge in [0.15, 0.2) is 0 Å². The van der Waals surface area contributed by atoms with E-state index in [-0.39, 0.29) is 0 Å². The number of urea groups is 1. The molecule has 5 heteroatoms. The van der Waals surface area contributed by atoms with Crippen molar-refractivity contribution in [1.82, 2.24) is 0 Å². The van der Waals surface area contributed by atoms with Crippen LogP contribution in [0.5, 0.6) is 0 Å². The number of primary amides is 1. The Morgan fingerprint density at radius 2 is 1.83 bits per heavy atom. The quantitative estimate of drug-likeness (QED) is 0.715. The van der Waals surface area contributed by atoms with Gasteiger partial charge in [0, 0.05) is 12.3 Å². The summed E-state index contributed by atoms with van der Waals surface area (Å²) >= 11 is 0. The second kappa shape index (κ2) is 8.49. The molecular formula is C13H20N2O3. The van der Waals surface area contributed by atoms with Gasteiger partial charge in [0.2, 0.25) is 0 Å². The van der Waals surface area contributed by atoms with E-state index in [0.717, 1.165) is 5.69 Å². The Hall–Kier alpha value is -1.59. The molecule has 1 aromatic carbocycles. The van der Waals surface area contributed by atoms with Crippen molar-refractivity contribution in [2.24, 2.45) is 5.73 Å². The molecule has 0 fully saturated rings. The molecule has 0 bridgehead atoms. The normalized spacial score (nSPS) is 10.3. The summed E-state index contributed by atoms with van der Waals surface area (Å²) in [6.07, 6.45) is 0. The van der Waals surface area contributed by atoms with Crippen LogP contribution in [0.15, 0.2) is 30.3 Å². The third kappa shape index (κ3) is 5.16.